The van der Waals surface area contributed by atoms with Gasteiger partial charge in [-0.15, -0.1) is 0 Å². The molecule has 0 saturated heterocycles. The van der Waals surface area contributed by atoms with Gasteiger partial charge in [0.05, 0.1) is 17.4 Å². The molecule has 0 radical (unpaired) electrons. The largest absolute Gasteiger partial charge is 0.416 e. The van der Waals surface area contributed by atoms with Gasteiger partial charge in [0, 0.05) is 20.1 Å². The first-order valence-electron chi connectivity index (χ1n) is 10.4. The number of aromatic nitrogens is 4. The smallest absolute Gasteiger partial charge is 0.347 e. The van der Waals surface area contributed by atoms with Gasteiger partial charge in [-0.05, 0) is 56.3 Å². The number of nitrogens with two attached hydrogens (primary N) is 1. The van der Waals surface area contributed by atoms with E-state index in [1.807, 2.05) is 18.7 Å². The maximum absolute atomic E-state index is 14.4. The Kier molecular flexibility index (Phi) is 5.93. The van der Waals surface area contributed by atoms with Gasteiger partial charge in [-0.2, -0.15) is 18.2 Å². The van der Waals surface area contributed by atoms with Crippen molar-refractivity contribution in [3.63, 3.8) is 0 Å². The molecule has 2 aromatic heterocycles. The summed E-state index contributed by atoms with van der Waals surface area (Å²) in [6.45, 7) is 0.616. The van der Waals surface area contributed by atoms with Crippen molar-refractivity contribution in [1.82, 2.24) is 19.5 Å². The summed E-state index contributed by atoms with van der Waals surface area (Å²) in [6, 6.07) is 2.27. The van der Waals surface area contributed by atoms with Crippen LogP contribution in [0.4, 0.5) is 35.1 Å². The second-order valence-corrected chi connectivity index (χ2v) is 8.31. The van der Waals surface area contributed by atoms with Crippen molar-refractivity contribution in [3.05, 3.63) is 35.8 Å². The van der Waals surface area contributed by atoms with Crippen LogP contribution in [0.15, 0.2) is 24.4 Å². The monoisotopic (exact) mass is 451 g/mol. The lowest BCUT2D eigenvalue weighted by atomic mass is 9.86. The highest BCUT2D eigenvalue weighted by Gasteiger charge is 2.32. The molecule has 0 unspecified atom stereocenters. The van der Waals surface area contributed by atoms with Crippen LogP contribution in [0.2, 0.25) is 0 Å². The van der Waals surface area contributed by atoms with Crippen LogP contribution >= 0.6 is 0 Å². The van der Waals surface area contributed by atoms with E-state index < -0.39 is 17.6 Å². The molecule has 32 heavy (non-hydrogen) atoms. The van der Waals surface area contributed by atoms with E-state index in [9.17, 15) is 17.6 Å². The lowest BCUT2D eigenvalue weighted by Crippen LogP contribution is -2.24. The molecular weight excluding hydrogens is 426 g/mol. The minimum Gasteiger partial charge on any atom is -0.347 e. The molecule has 0 atom stereocenters. The van der Waals surface area contributed by atoms with Crippen molar-refractivity contribution in [2.24, 2.45) is 11.7 Å². The third kappa shape index (κ3) is 4.34. The number of benzene rings is 1. The number of hydrogen-bond donors (Lipinski definition) is 2. The molecular formula is C21H25F4N7. The van der Waals surface area contributed by atoms with Gasteiger partial charge in [0.1, 0.15) is 11.3 Å². The Labute approximate surface area is 182 Å². The standard InChI is InChI=1S/C21H25F4N7/c1-31(2)19-27-11-17-18(30-19)32(14-6-3-12(10-26)4-7-14)20(29-17)28-16-9-13(21(23,24)25)5-8-15(16)22/h5,8-9,11-12,14H,3-4,6-7,10,26H2,1-2H3,(H,28,29). The normalized spacial score (nSPS) is 19.3. The topological polar surface area (TPSA) is 84.9 Å². The molecule has 3 aromatic rings. The quantitative estimate of drug-likeness (QED) is 0.557. The lowest BCUT2D eigenvalue weighted by Gasteiger charge is -2.30. The van der Waals surface area contributed by atoms with Crippen LogP contribution in [-0.4, -0.2) is 40.2 Å². The van der Waals surface area contributed by atoms with Crippen LogP contribution in [0.5, 0.6) is 0 Å². The molecule has 1 aromatic carbocycles. The zero-order chi connectivity index (χ0) is 23.0. The van der Waals surface area contributed by atoms with Crippen molar-refractivity contribution in [3.8, 4) is 0 Å². The molecule has 7 nitrogen and oxygen atoms in total. The molecule has 0 amide bonds. The molecule has 4 rings (SSSR count). The van der Waals surface area contributed by atoms with Crippen molar-refractivity contribution in [1.29, 1.82) is 0 Å². The number of alkyl halides is 3. The zero-order valence-corrected chi connectivity index (χ0v) is 17.8. The summed E-state index contributed by atoms with van der Waals surface area (Å²) in [5.41, 5.74) is 5.61. The average molecular weight is 451 g/mol. The molecule has 1 saturated carbocycles. The van der Waals surface area contributed by atoms with Crippen LogP contribution in [0.3, 0.4) is 0 Å². The molecule has 172 valence electrons. The fourth-order valence-electron chi connectivity index (χ4n) is 4.09. The van der Waals surface area contributed by atoms with Gasteiger partial charge >= 0.3 is 6.18 Å². The highest BCUT2D eigenvalue weighted by Crippen LogP contribution is 2.38. The predicted molar refractivity (Wildman–Crippen MR) is 114 cm³/mol. The lowest BCUT2D eigenvalue weighted by molar-refractivity contribution is -0.137. The van der Waals surface area contributed by atoms with Crippen molar-refractivity contribution < 1.29 is 17.6 Å². The molecule has 0 bridgehead atoms. The van der Waals surface area contributed by atoms with Crippen LogP contribution in [0.25, 0.3) is 11.2 Å². The van der Waals surface area contributed by atoms with E-state index in [1.165, 1.54) is 0 Å². The number of rotatable bonds is 5. The number of imidazole rings is 1. The predicted octanol–water partition coefficient (Wildman–Crippen LogP) is 4.48. The summed E-state index contributed by atoms with van der Waals surface area (Å²) in [4.78, 5) is 15.1. The fourth-order valence-corrected chi connectivity index (χ4v) is 4.09. The number of halogens is 4. The Hall–Kier alpha value is -2.95. The van der Waals surface area contributed by atoms with E-state index in [0.29, 0.717) is 35.6 Å². The third-order valence-corrected chi connectivity index (χ3v) is 5.87. The summed E-state index contributed by atoms with van der Waals surface area (Å²) in [7, 11) is 3.62. The number of fused-ring (bicyclic) bond motifs is 1. The van der Waals surface area contributed by atoms with E-state index in [0.717, 1.165) is 37.8 Å². The summed E-state index contributed by atoms with van der Waals surface area (Å²) >= 11 is 0. The van der Waals surface area contributed by atoms with E-state index in [2.05, 4.69) is 20.3 Å². The SMILES string of the molecule is CN(C)c1ncc2nc(Nc3cc(C(F)(F)F)ccc3F)n(C3CCC(CN)CC3)c2n1. The minimum absolute atomic E-state index is 0.00377. The zero-order valence-electron chi connectivity index (χ0n) is 17.8. The summed E-state index contributed by atoms with van der Waals surface area (Å²) in [5, 5.41) is 2.78. The Morgan fingerprint density at radius 1 is 1.16 bits per heavy atom. The molecule has 2 heterocycles. The van der Waals surface area contributed by atoms with Gasteiger partial charge in [-0.25, -0.2) is 14.4 Å². The van der Waals surface area contributed by atoms with E-state index in [1.54, 1.807) is 11.1 Å². The van der Waals surface area contributed by atoms with Gasteiger partial charge in [-0.1, -0.05) is 0 Å². The maximum Gasteiger partial charge on any atom is 0.416 e. The van der Waals surface area contributed by atoms with E-state index in [4.69, 9.17) is 5.73 Å². The second kappa shape index (κ2) is 8.53. The first-order chi connectivity index (χ1) is 15.2. The summed E-state index contributed by atoms with van der Waals surface area (Å²) < 4.78 is 55.8. The van der Waals surface area contributed by atoms with Gasteiger partial charge in [0.15, 0.2) is 5.65 Å². The van der Waals surface area contributed by atoms with Crippen molar-refractivity contribution in [2.75, 3.05) is 30.9 Å². The van der Waals surface area contributed by atoms with E-state index >= 15 is 0 Å². The number of anilines is 3. The molecule has 0 aliphatic heterocycles. The number of nitrogens with zero attached hydrogens (tertiary/aromatic N) is 5. The Bertz CT molecular complexity index is 1100. The summed E-state index contributed by atoms with van der Waals surface area (Å²) in [6.07, 6.45) is 0.445. The number of nitrogens with one attached hydrogen (secondary N) is 1. The Morgan fingerprint density at radius 2 is 1.88 bits per heavy atom. The van der Waals surface area contributed by atoms with Crippen LogP contribution < -0.4 is 16.0 Å². The number of hydrogen-bond acceptors (Lipinski definition) is 6. The molecule has 3 N–H and O–H groups in total. The van der Waals surface area contributed by atoms with E-state index in [-0.39, 0.29) is 17.7 Å². The van der Waals surface area contributed by atoms with Gasteiger partial charge in [0.25, 0.3) is 0 Å². The first-order valence-corrected chi connectivity index (χ1v) is 10.4. The Morgan fingerprint density at radius 3 is 2.50 bits per heavy atom. The highest BCUT2D eigenvalue weighted by molar-refractivity contribution is 5.76. The minimum atomic E-state index is -4.59. The van der Waals surface area contributed by atoms with Crippen molar-refractivity contribution >= 4 is 28.7 Å². The molecule has 11 heteroatoms. The second-order valence-electron chi connectivity index (χ2n) is 8.31. The highest BCUT2D eigenvalue weighted by atomic mass is 19.4. The van der Waals surface area contributed by atoms with Crippen molar-refractivity contribution in [2.45, 2.75) is 37.9 Å². The third-order valence-electron chi connectivity index (χ3n) is 5.87. The van der Waals surface area contributed by atoms with Crippen LogP contribution in [-0.2, 0) is 6.18 Å². The average Bonchev–Trinajstić information content (AvgIpc) is 3.11. The molecule has 1 aliphatic rings. The molecule has 1 fully saturated rings. The Balaban J connectivity index is 1.79. The van der Waals surface area contributed by atoms with Gasteiger partial charge in [0.2, 0.25) is 11.9 Å². The van der Waals surface area contributed by atoms with Gasteiger partial charge in [-0.3, -0.25) is 4.57 Å². The first kappa shape index (κ1) is 22.3. The maximum atomic E-state index is 14.4. The van der Waals surface area contributed by atoms with Crippen LogP contribution in [0.1, 0.15) is 37.3 Å². The van der Waals surface area contributed by atoms with Crippen LogP contribution in [0, 0.1) is 11.7 Å². The molecule has 0 spiro atoms. The fraction of sp³-hybridized carbons (Fsp3) is 0.476. The molecule has 1 aliphatic carbocycles. The summed E-state index contributed by atoms with van der Waals surface area (Å²) in [5.74, 6) is 0.347. The van der Waals surface area contributed by atoms with Gasteiger partial charge < -0.3 is 16.0 Å².